The van der Waals surface area contributed by atoms with E-state index in [2.05, 4.69) is 4.98 Å². The van der Waals surface area contributed by atoms with E-state index in [-0.39, 0.29) is 0 Å². The molecule has 3 rings (SSSR count). The van der Waals surface area contributed by atoms with Gasteiger partial charge in [-0.15, -0.1) is 0 Å². The Morgan fingerprint density at radius 1 is 1.16 bits per heavy atom. The zero-order valence-corrected chi connectivity index (χ0v) is 14.0. The molecule has 1 aromatic heterocycles. The molecule has 2 aromatic carbocycles. The summed E-state index contributed by atoms with van der Waals surface area (Å²) in [6, 6.07) is 17.4. The van der Waals surface area contributed by atoms with Crippen molar-refractivity contribution >= 4 is 17.0 Å². The van der Waals surface area contributed by atoms with Gasteiger partial charge in [-0.05, 0) is 17.7 Å². The number of hydrogen-bond donors (Lipinski definition) is 1. The van der Waals surface area contributed by atoms with Crippen LogP contribution < -0.4 is 0 Å². The Bertz CT molecular complexity index is 845. The van der Waals surface area contributed by atoms with Gasteiger partial charge in [-0.1, -0.05) is 42.5 Å². The smallest absolute Gasteiger partial charge is 0.340 e. The number of aliphatic carboxylic acids is 1. The molecule has 0 amide bonds. The average Bonchev–Trinajstić information content (AvgIpc) is 2.98. The van der Waals surface area contributed by atoms with Gasteiger partial charge >= 0.3 is 5.97 Å². The molecule has 1 N–H and O–H groups in total. The maximum atomic E-state index is 11.5. The van der Waals surface area contributed by atoms with Crippen molar-refractivity contribution in [2.75, 3.05) is 13.7 Å². The summed E-state index contributed by atoms with van der Waals surface area (Å²) in [5, 5.41) is 9.39. The monoisotopic (exact) mass is 340 g/mol. The molecule has 6 nitrogen and oxygen atoms in total. The van der Waals surface area contributed by atoms with E-state index < -0.39 is 12.1 Å². The summed E-state index contributed by atoms with van der Waals surface area (Å²) in [5.41, 5.74) is 2.70. The van der Waals surface area contributed by atoms with Gasteiger partial charge in [0.25, 0.3) is 0 Å². The van der Waals surface area contributed by atoms with E-state index in [0.717, 1.165) is 16.6 Å². The van der Waals surface area contributed by atoms with Crippen molar-refractivity contribution in [1.29, 1.82) is 0 Å². The first kappa shape index (κ1) is 17.1. The van der Waals surface area contributed by atoms with E-state index in [0.29, 0.717) is 25.6 Å². The lowest BCUT2D eigenvalue weighted by Crippen LogP contribution is -2.20. The Kier molecular flexibility index (Phi) is 5.42. The molecule has 3 aromatic rings. The standard InChI is InChI=1S/C19H20N2O4/c1-24-17(19(22)23)18-20-15-9-5-6-10-16(15)21(18)11-12-25-13-14-7-3-2-4-8-14/h2-10,17H,11-13H2,1H3,(H,22,23). The third-order valence-electron chi connectivity index (χ3n) is 3.95. The molecule has 1 unspecified atom stereocenters. The number of imidazole rings is 1. The first-order chi connectivity index (χ1) is 12.2. The fourth-order valence-electron chi connectivity index (χ4n) is 2.77. The van der Waals surface area contributed by atoms with Crippen molar-refractivity contribution in [1.82, 2.24) is 9.55 Å². The van der Waals surface area contributed by atoms with E-state index in [1.165, 1.54) is 7.11 Å². The largest absolute Gasteiger partial charge is 0.479 e. The van der Waals surface area contributed by atoms with Gasteiger partial charge in [0.2, 0.25) is 6.10 Å². The molecule has 0 spiro atoms. The van der Waals surface area contributed by atoms with E-state index >= 15 is 0 Å². The Labute approximate surface area is 145 Å². The van der Waals surface area contributed by atoms with Crippen molar-refractivity contribution in [3.05, 3.63) is 66.0 Å². The molecule has 130 valence electrons. The lowest BCUT2D eigenvalue weighted by molar-refractivity contribution is -0.149. The van der Waals surface area contributed by atoms with Crippen LogP contribution in [0.15, 0.2) is 54.6 Å². The number of carboxylic acid groups (broad SMARTS) is 1. The molecule has 0 fully saturated rings. The van der Waals surface area contributed by atoms with Gasteiger partial charge in [-0.25, -0.2) is 9.78 Å². The van der Waals surface area contributed by atoms with Gasteiger partial charge < -0.3 is 19.1 Å². The van der Waals surface area contributed by atoms with Crippen molar-refractivity contribution in [3.63, 3.8) is 0 Å². The number of rotatable bonds is 8. The summed E-state index contributed by atoms with van der Waals surface area (Å²) < 4.78 is 12.7. The van der Waals surface area contributed by atoms with Crippen LogP contribution in [-0.4, -0.2) is 34.3 Å². The SMILES string of the molecule is COC(C(=O)O)c1nc2ccccc2n1CCOCc1ccccc1. The average molecular weight is 340 g/mol. The van der Waals surface area contributed by atoms with E-state index in [9.17, 15) is 9.90 Å². The maximum Gasteiger partial charge on any atom is 0.340 e. The number of methoxy groups -OCH3 is 1. The summed E-state index contributed by atoms with van der Waals surface area (Å²) >= 11 is 0. The van der Waals surface area contributed by atoms with Crippen molar-refractivity contribution in [2.24, 2.45) is 0 Å². The highest BCUT2D eigenvalue weighted by molar-refractivity contribution is 5.79. The first-order valence-electron chi connectivity index (χ1n) is 8.03. The lowest BCUT2D eigenvalue weighted by atomic mass is 10.2. The highest BCUT2D eigenvalue weighted by Gasteiger charge is 2.26. The van der Waals surface area contributed by atoms with Crippen LogP contribution in [0.3, 0.4) is 0 Å². The minimum Gasteiger partial charge on any atom is -0.479 e. The Balaban J connectivity index is 1.78. The third kappa shape index (κ3) is 3.87. The zero-order valence-electron chi connectivity index (χ0n) is 14.0. The number of aromatic nitrogens is 2. The Morgan fingerprint density at radius 3 is 2.60 bits per heavy atom. The highest BCUT2D eigenvalue weighted by atomic mass is 16.5. The molecule has 0 aliphatic carbocycles. The van der Waals surface area contributed by atoms with Crippen LogP contribution in [0.2, 0.25) is 0 Å². The van der Waals surface area contributed by atoms with Gasteiger partial charge in [0.1, 0.15) is 0 Å². The maximum absolute atomic E-state index is 11.5. The van der Waals surface area contributed by atoms with Crippen molar-refractivity contribution in [3.8, 4) is 0 Å². The molecular formula is C19H20N2O4. The van der Waals surface area contributed by atoms with Gasteiger partial charge in [0, 0.05) is 13.7 Å². The molecule has 0 bridgehead atoms. The molecule has 6 heteroatoms. The molecule has 0 aliphatic rings. The van der Waals surface area contributed by atoms with Crippen LogP contribution in [0.25, 0.3) is 11.0 Å². The van der Waals surface area contributed by atoms with E-state index in [1.807, 2.05) is 59.2 Å². The lowest BCUT2D eigenvalue weighted by Gasteiger charge is -2.14. The number of fused-ring (bicyclic) bond motifs is 1. The fourth-order valence-corrected chi connectivity index (χ4v) is 2.77. The molecule has 1 heterocycles. The number of nitrogens with zero attached hydrogens (tertiary/aromatic N) is 2. The van der Waals surface area contributed by atoms with E-state index in [1.54, 1.807) is 0 Å². The van der Waals surface area contributed by atoms with Crippen LogP contribution in [-0.2, 0) is 27.4 Å². The second-order valence-electron chi connectivity index (χ2n) is 5.60. The van der Waals surface area contributed by atoms with Crippen LogP contribution in [0.5, 0.6) is 0 Å². The number of para-hydroxylation sites is 2. The number of hydrogen-bond acceptors (Lipinski definition) is 4. The minimum absolute atomic E-state index is 0.375. The summed E-state index contributed by atoms with van der Waals surface area (Å²) in [5.74, 6) is -0.691. The molecule has 0 radical (unpaired) electrons. The fraction of sp³-hybridized carbons (Fsp3) is 0.263. The second kappa shape index (κ2) is 7.92. The minimum atomic E-state index is -1.11. The van der Waals surface area contributed by atoms with Crippen LogP contribution in [0.1, 0.15) is 17.5 Å². The van der Waals surface area contributed by atoms with Crippen molar-refractivity contribution in [2.45, 2.75) is 19.3 Å². The van der Waals surface area contributed by atoms with Gasteiger partial charge in [-0.2, -0.15) is 0 Å². The van der Waals surface area contributed by atoms with Gasteiger partial charge in [0.05, 0.1) is 24.2 Å². The molecule has 0 saturated carbocycles. The molecule has 0 saturated heterocycles. The van der Waals surface area contributed by atoms with Crippen LogP contribution in [0.4, 0.5) is 0 Å². The summed E-state index contributed by atoms with van der Waals surface area (Å²) in [4.78, 5) is 15.9. The molecule has 25 heavy (non-hydrogen) atoms. The number of ether oxygens (including phenoxy) is 2. The Morgan fingerprint density at radius 2 is 1.88 bits per heavy atom. The molecule has 1 atom stereocenters. The quantitative estimate of drug-likeness (QED) is 0.638. The summed E-state index contributed by atoms with van der Waals surface area (Å²) in [6.45, 7) is 1.45. The topological polar surface area (TPSA) is 73.6 Å². The summed E-state index contributed by atoms with van der Waals surface area (Å²) in [7, 11) is 1.37. The van der Waals surface area contributed by atoms with Gasteiger partial charge in [-0.3, -0.25) is 0 Å². The van der Waals surface area contributed by atoms with Gasteiger partial charge in [0.15, 0.2) is 5.82 Å². The third-order valence-corrected chi connectivity index (χ3v) is 3.95. The predicted octanol–water partition coefficient (Wildman–Crippen LogP) is 3.03. The zero-order chi connectivity index (χ0) is 17.6. The van der Waals surface area contributed by atoms with Crippen LogP contribution >= 0.6 is 0 Å². The second-order valence-corrected chi connectivity index (χ2v) is 5.60. The molecular weight excluding hydrogens is 320 g/mol. The van der Waals surface area contributed by atoms with E-state index in [4.69, 9.17) is 9.47 Å². The summed E-state index contributed by atoms with van der Waals surface area (Å²) in [6.07, 6.45) is -1.11. The molecule has 0 aliphatic heterocycles. The number of carbonyl (C=O) groups is 1. The highest BCUT2D eigenvalue weighted by Crippen LogP contribution is 2.23. The predicted molar refractivity (Wildman–Crippen MR) is 93.2 cm³/mol. The van der Waals surface area contributed by atoms with Crippen molar-refractivity contribution < 1.29 is 19.4 Å². The Hall–Kier alpha value is -2.70. The first-order valence-corrected chi connectivity index (χ1v) is 8.03. The van der Waals surface area contributed by atoms with Crippen LogP contribution in [0, 0.1) is 0 Å². The normalized spacial score (nSPS) is 12.4. The number of carboxylic acids is 1. The number of benzene rings is 2.